The summed E-state index contributed by atoms with van der Waals surface area (Å²) < 4.78 is 0. The monoisotopic (exact) mass is 658 g/mol. The number of carbonyl (C=O) groups excluding carboxylic acids is 7. The van der Waals surface area contributed by atoms with E-state index in [0.29, 0.717) is 23.9 Å². The molecular formula is C35H38N4O7S. The Hall–Kier alpha value is -4.58. The van der Waals surface area contributed by atoms with E-state index >= 15 is 0 Å². The van der Waals surface area contributed by atoms with Crippen molar-refractivity contribution in [2.45, 2.75) is 77.2 Å². The van der Waals surface area contributed by atoms with Crippen molar-refractivity contribution in [3.05, 3.63) is 75.2 Å². The molecule has 0 saturated carbocycles. The number of hydrogen-bond acceptors (Lipinski definition) is 8. The van der Waals surface area contributed by atoms with Gasteiger partial charge in [-0.15, -0.1) is 0 Å². The van der Waals surface area contributed by atoms with E-state index in [1.807, 2.05) is 24.3 Å². The first-order valence-corrected chi connectivity index (χ1v) is 16.9. The Morgan fingerprint density at radius 3 is 2.28 bits per heavy atom. The smallest absolute Gasteiger partial charge is 0.293 e. The summed E-state index contributed by atoms with van der Waals surface area (Å²) in [6.07, 6.45) is 6.99. The van der Waals surface area contributed by atoms with Gasteiger partial charge >= 0.3 is 0 Å². The largest absolute Gasteiger partial charge is 0.352 e. The lowest BCUT2D eigenvalue weighted by Gasteiger charge is -2.27. The average molecular weight is 659 g/mol. The zero-order chi connectivity index (χ0) is 33.7. The van der Waals surface area contributed by atoms with Gasteiger partial charge in [-0.05, 0) is 72.3 Å². The Balaban J connectivity index is 0.986. The third-order valence-electron chi connectivity index (χ3n) is 8.57. The van der Waals surface area contributed by atoms with E-state index in [2.05, 4.69) is 24.5 Å². The van der Waals surface area contributed by atoms with E-state index in [0.717, 1.165) is 60.8 Å². The van der Waals surface area contributed by atoms with Crippen molar-refractivity contribution in [3.8, 4) is 0 Å². The molecule has 5 rings (SSSR count). The van der Waals surface area contributed by atoms with Crippen molar-refractivity contribution in [3.63, 3.8) is 0 Å². The second-order valence-electron chi connectivity index (χ2n) is 12.2. The lowest BCUT2D eigenvalue weighted by Crippen LogP contribution is -2.54. The highest BCUT2D eigenvalue weighted by atomic mass is 32.2. The second kappa shape index (κ2) is 14.9. The van der Waals surface area contributed by atoms with Crippen LogP contribution < -0.4 is 10.6 Å². The topological polar surface area (TPSA) is 150 Å². The molecule has 12 heteroatoms. The van der Waals surface area contributed by atoms with Crippen LogP contribution in [-0.2, 0) is 14.4 Å². The lowest BCUT2D eigenvalue weighted by atomic mass is 10.0. The Labute approximate surface area is 277 Å². The van der Waals surface area contributed by atoms with Crippen LogP contribution in [0.2, 0.25) is 0 Å². The minimum atomic E-state index is -1.06. The molecule has 1 atom stereocenters. The van der Waals surface area contributed by atoms with Gasteiger partial charge in [-0.2, -0.15) is 0 Å². The highest BCUT2D eigenvalue weighted by Crippen LogP contribution is 2.33. The van der Waals surface area contributed by atoms with Crippen LogP contribution >= 0.6 is 11.8 Å². The number of imide groups is 3. The molecule has 47 heavy (non-hydrogen) atoms. The number of nitrogens with one attached hydrogen (secondary N) is 2. The molecule has 0 aromatic heterocycles. The van der Waals surface area contributed by atoms with Crippen LogP contribution in [0.5, 0.6) is 0 Å². The van der Waals surface area contributed by atoms with E-state index in [1.165, 1.54) is 28.7 Å². The zero-order valence-corrected chi connectivity index (χ0v) is 27.3. The van der Waals surface area contributed by atoms with Gasteiger partial charge in [-0.3, -0.25) is 48.7 Å². The van der Waals surface area contributed by atoms with Crippen molar-refractivity contribution in [1.29, 1.82) is 0 Å². The number of piperidine rings is 1. The van der Waals surface area contributed by atoms with Gasteiger partial charge in [-0.1, -0.05) is 63.8 Å². The van der Waals surface area contributed by atoms with Gasteiger partial charge in [0.25, 0.3) is 28.9 Å². The van der Waals surface area contributed by atoms with Crippen LogP contribution in [0.25, 0.3) is 6.08 Å². The number of benzene rings is 2. The molecule has 2 fully saturated rings. The number of thioether (sulfide) groups is 1. The molecule has 2 aromatic rings. The molecular weight excluding hydrogens is 620 g/mol. The number of fused-ring (bicyclic) bond motifs is 1. The fourth-order valence-electron chi connectivity index (χ4n) is 5.84. The molecule has 2 aromatic carbocycles. The third-order valence-corrected chi connectivity index (χ3v) is 9.48. The Morgan fingerprint density at radius 2 is 1.57 bits per heavy atom. The van der Waals surface area contributed by atoms with Gasteiger partial charge in [0.15, 0.2) is 0 Å². The zero-order valence-electron chi connectivity index (χ0n) is 26.5. The molecule has 246 valence electrons. The molecule has 7 amide bonds. The number of hydrogen-bond donors (Lipinski definition) is 2. The van der Waals surface area contributed by atoms with Crippen LogP contribution in [-0.4, -0.2) is 69.6 Å². The van der Waals surface area contributed by atoms with Crippen molar-refractivity contribution in [2.75, 3.05) is 13.1 Å². The fraction of sp³-hybridized carbons (Fsp3) is 0.400. The summed E-state index contributed by atoms with van der Waals surface area (Å²) in [7, 11) is 0. The summed E-state index contributed by atoms with van der Waals surface area (Å²) in [5.41, 5.74) is 2.54. The Morgan fingerprint density at radius 1 is 0.894 bits per heavy atom. The van der Waals surface area contributed by atoms with E-state index in [9.17, 15) is 33.6 Å². The van der Waals surface area contributed by atoms with Gasteiger partial charge in [0, 0.05) is 25.1 Å². The predicted molar refractivity (Wildman–Crippen MR) is 176 cm³/mol. The Bertz CT molecular complexity index is 1650. The summed E-state index contributed by atoms with van der Waals surface area (Å²) >= 11 is 0.983. The van der Waals surface area contributed by atoms with E-state index < -0.39 is 29.7 Å². The first-order chi connectivity index (χ1) is 22.5. The molecule has 11 nitrogen and oxygen atoms in total. The molecule has 3 aliphatic rings. The van der Waals surface area contributed by atoms with Gasteiger partial charge < -0.3 is 5.32 Å². The SMILES string of the molecule is CC(C)c1ccc(/C=C2\SC(=O)N(CCCCCCCCNC(=O)c3ccc4c(c3)C(=O)N(C3CCC(=O)NC3=O)C4=O)C2=O)cc1. The van der Waals surface area contributed by atoms with Crippen LogP contribution in [0.1, 0.15) is 113 Å². The molecule has 2 saturated heterocycles. The highest BCUT2D eigenvalue weighted by molar-refractivity contribution is 8.18. The summed E-state index contributed by atoms with van der Waals surface area (Å²) in [5, 5.41) is 4.77. The van der Waals surface area contributed by atoms with Gasteiger partial charge in [0.1, 0.15) is 6.04 Å². The summed E-state index contributed by atoms with van der Waals surface area (Å²) in [6, 6.07) is 11.2. The van der Waals surface area contributed by atoms with Crippen LogP contribution in [0.15, 0.2) is 47.4 Å². The number of nitrogens with zero attached hydrogens (tertiary/aromatic N) is 2. The van der Waals surface area contributed by atoms with Crippen LogP contribution in [0.4, 0.5) is 4.79 Å². The van der Waals surface area contributed by atoms with Crippen molar-refractivity contribution < 1.29 is 33.6 Å². The quantitative estimate of drug-likeness (QED) is 0.173. The third kappa shape index (κ3) is 7.70. The van der Waals surface area contributed by atoms with Crippen LogP contribution in [0.3, 0.4) is 0 Å². The van der Waals surface area contributed by atoms with E-state index in [-0.39, 0.29) is 46.6 Å². The minimum Gasteiger partial charge on any atom is -0.352 e. The number of unbranched alkanes of at least 4 members (excludes halogenated alkanes) is 5. The summed E-state index contributed by atoms with van der Waals surface area (Å²) in [6.45, 7) is 5.08. The van der Waals surface area contributed by atoms with Crippen LogP contribution in [0, 0.1) is 0 Å². The molecule has 0 aliphatic carbocycles. The molecule has 0 bridgehead atoms. The predicted octanol–water partition coefficient (Wildman–Crippen LogP) is 5.02. The standard InChI is InChI=1S/C35H38N4O7S/c1-21(2)23-11-9-22(10-12-23)19-28-34(45)38(35(46)47-28)18-8-6-4-3-5-7-17-36-30(41)24-13-14-25-26(20-24)33(44)39(32(25)43)27-15-16-29(40)37-31(27)42/h9-14,19-21,27H,3-8,15-18H2,1-2H3,(H,36,41)(H,37,40,42)/b28-19-. The number of carbonyl (C=O) groups is 7. The number of amides is 7. The highest BCUT2D eigenvalue weighted by Gasteiger charge is 2.44. The molecule has 2 N–H and O–H groups in total. The first kappa shape index (κ1) is 33.8. The number of rotatable bonds is 13. The molecule has 0 radical (unpaired) electrons. The molecule has 0 spiro atoms. The fourth-order valence-corrected chi connectivity index (χ4v) is 6.70. The van der Waals surface area contributed by atoms with Gasteiger partial charge in [-0.25, -0.2) is 0 Å². The van der Waals surface area contributed by atoms with Gasteiger partial charge in [0.2, 0.25) is 11.8 Å². The molecule has 3 aliphatic heterocycles. The molecule has 1 unspecified atom stereocenters. The van der Waals surface area contributed by atoms with Crippen molar-refractivity contribution in [1.82, 2.24) is 20.4 Å². The van der Waals surface area contributed by atoms with E-state index in [4.69, 9.17) is 0 Å². The van der Waals surface area contributed by atoms with Crippen molar-refractivity contribution in [2.24, 2.45) is 0 Å². The van der Waals surface area contributed by atoms with Gasteiger partial charge in [0.05, 0.1) is 16.0 Å². The average Bonchev–Trinajstić information content (AvgIpc) is 3.45. The maximum atomic E-state index is 13.0. The van der Waals surface area contributed by atoms with Crippen molar-refractivity contribution >= 4 is 58.5 Å². The second-order valence-corrected chi connectivity index (χ2v) is 13.2. The first-order valence-electron chi connectivity index (χ1n) is 16.0. The normalized spacial score (nSPS) is 18.9. The lowest BCUT2D eigenvalue weighted by molar-refractivity contribution is -0.136. The van der Waals surface area contributed by atoms with E-state index in [1.54, 1.807) is 6.08 Å². The summed E-state index contributed by atoms with van der Waals surface area (Å²) in [4.78, 5) is 90.2. The Kier molecular flexibility index (Phi) is 10.7. The molecule has 3 heterocycles. The maximum Gasteiger partial charge on any atom is 0.293 e. The maximum absolute atomic E-state index is 13.0. The summed E-state index contributed by atoms with van der Waals surface area (Å²) in [5.74, 6) is -2.59. The minimum absolute atomic E-state index is 0.0327.